The number of benzene rings is 2. The van der Waals surface area contributed by atoms with Crippen LogP contribution in [0.4, 0.5) is 4.39 Å². The molecular weight excluding hydrogens is 261 g/mol. The Morgan fingerprint density at radius 3 is 2.63 bits per heavy atom. The van der Waals surface area contributed by atoms with E-state index in [1.165, 1.54) is 17.2 Å². The third-order valence-electron chi connectivity index (χ3n) is 3.63. The van der Waals surface area contributed by atoms with Gasteiger partial charge in [0.1, 0.15) is 5.82 Å². The monoisotopic (exact) mass is 275 g/mol. The van der Waals surface area contributed by atoms with Gasteiger partial charge in [-0.05, 0) is 49.2 Å². The SMILES string of the molecule is Fc1ccccc1-c1c(Cl)ccc2c1CCNCC2. The maximum absolute atomic E-state index is 14.1. The van der Waals surface area contributed by atoms with Crippen LogP contribution in [-0.4, -0.2) is 13.1 Å². The van der Waals surface area contributed by atoms with Crippen molar-refractivity contribution < 1.29 is 4.39 Å². The van der Waals surface area contributed by atoms with Crippen LogP contribution in [0.15, 0.2) is 36.4 Å². The molecule has 1 aliphatic heterocycles. The molecular formula is C16H15ClFN. The van der Waals surface area contributed by atoms with Crippen LogP contribution in [0.1, 0.15) is 11.1 Å². The number of hydrogen-bond donors (Lipinski definition) is 1. The minimum atomic E-state index is -0.213. The maximum atomic E-state index is 14.1. The number of halogens is 2. The van der Waals surface area contributed by atoms with Gasteiger partial charge in [-0.25, -0.2) is 4.39 Å². The smallest absolute Gasteiger partial charge is 0.131 e. The highest BCUT2D eigenvalue weighted by atomic mass is 35.5. The van der Waals surface area contributed by atoms with Crippen molar-refractivity contribution in [1.82, 2.24) is 5.32 Å². The summed E-state index contributed by atoms with van der Waals surface area (Å²) in [6.45, 7) is 1.88. The first kappa shape index (κ1) is 12.6. The summed E-state index contributed by atoms with van der Waals surface area (Å²) >= 11 is 6.33. The van der Waals surface area contributed by atoms with Gasteiger partial charge in [-0.15, -0.1) is 0 Å². The molecule has 1 heterocycles. The van der Waals surface area contributed by atoms with Crippen molar-refractivity contribution in [2.45, 2.75) is 12.8 Å². The fraction of sp³-hybridized carbons (Fsp3) is 0.250. The van der Waals surface area contributed by atoms with Crippen LogP contribution in [0.25, 0.3) is 11.1 Å². The first-order chi connectivity index (χ1) is 9.27. The lowest BCUT2D eigenvalue weighted by Crippen LogP contribution is -2.16. The largest absolute Gasteiger partial charge is 0.316 e. The summed E-state index contributed by atoms with van der Waals surface area (Å²) in [5.41, 5.74) is 3.92. The fourth-order valence-corrected chi connectivity index (χ4v) is 2.98. The molecule has 0 saturated carbocycles. The second-order valence-corrected chi connectivity index (χ2v) is 5.20. The van der Waals surface area contributed by atoms with Crippen LogP contribution in [0.2, 0.25) is 5.02 Å². The molecule has 3 rings (SSSR count). The summed E-state index contributed by atoms with van der Waals surface area (Å²) in [6.07, 6.45) is 1.85. The average Bonchev–Trinajstić information content (AvgIpc) is 2.65. The Morgan fingerprint density at radius 2 is 1.79 bits per heavy atom. The first-order valence-corrected chi connectivity index (χ1v) is 6.91. The second-order valence-electron chi connectivity index (χ2n) is 4.79. The number of rotatable bonds is 1. The molecule has 0 amide bonds. The molecule has 1 N–H and O–H groups in total. The normalized spacial score (nSPS) is 14.8. The summed E-state index contributed by atoms with van der Waals surface area (Å²) in [6, 6.07) is 10.8. The van der Waals surface area contributed by atoms with Gasteiger partial charge in [-0.2, -0.15) is 0 Å². The van der Waals surface area contributed by atoms with Crippen molar-refractivity contribution >= 4 is 11.6 Å². The molecule has 0 fully saturated rings. The van der Waals surface area contributed by atoms with E-state index in [0.717, 1.165) is 31.5 Å². The van der Waals surface area contributed by atoms with Crippen LogP contribution in [0, 0.1) is 5.82 Å². The molecule has 0 aliphatic carbocycles. The van der Waals surface area contributed by atoms with E-state index >= 15 is 0 Å². The lowest BCUT2D eigenvalue weighted by atomic mass is 9.92. The Balaban J connectivity index is 2.23. The van der Waals surface area contributed by atoms with Crippen molar-refractivity contribution in [3.8, 4) is 11.1 Å². The zero-order valence-corrected chi connectivity index (χ0v) is 11.3. The molecule has 0 radical (unpaired) electrons. The van der Waals surface area contributed by atoms with E-state index in [1.54, 1.807) is 12.1 Å². The molecule has 2 aromatic carbocycles. The predicted molar refractivity (Wildman–Crippen MR) is 77.1 cm³/mol. The Morgan fingerprint density at radius 1 is 1.00 bits per heavy atom. The van der Waals surface area contributed by atoms with Gasteiger partial charge in [-0.1, -0.05) is 35.9 Å². The van der Waals surface area contributed by atoms with Crippen molar-refractivity contribution in [1.29, 1.82) is 0 Å². The minimum Gasteiger partial charge on any atom is -0.316 e. The zero-order chi connectivity index (χ0) is 13.2. The molecule has 2 aromatic rings. The highest BCUT2D eigenvalue weighted by Crippen LogP contribution is 2.35. The minimum absolute atomic E-state index is 0.213. The number of fused-ring (bicyclic) bond motifs is 1. The Labute approximate surface area is 117 Å². The van der Waals surface area contributed by atoms with Gasteiger partial charge in [0.2, 0.25) is 0 Å². The molecule has 0 aromatic heterocycles. The molecule has 0 bridgehead atoms. The van der Waals surface area contributed by atoms with E-state index in [-0.39, 0.29) is 5.82 Å². The van der Waals surface area contributed by atoms with Crippen LogP contribution in [-0.2, 0) is 12.8 Å². The lowest BCUT2D eigenvalue weighted by molar-refractivity contribution is 0.631. The predicted octanol–water partition coefficient (Wildman–Crippen LogP) is 3.83. The van der Waals surface area contributed by atoms with Crippen molar-refractivity contribution in [3.05, 3.63) is 58.4 Å². The Hall–Kier alpha value is -1.38. The van der Waals surface area contributed by atoms with Gasteiger partial charge in [-0.3, -0.25) is 0 Å². The van der Waals surface area contributed by atoms with E-state index in [9.17, 15) is 4.39 Å². The molecule has 98 valence electrons. The molecule has 0 spiro atoms. The fourth-order valence-electron chi connectivity index (χ4n) is 2.70. The third kappa shape index (κ3) is 2.38. The number of hydrogen-bond acceptors (Lipinski definition) is 1. The quantitative estimate of drug-likeness (QED) is 0.834. The molecule has 0 unspecified atom stereocenters. The average molecular weight is 276 g/mol. The van der Waals surface area contributed by atoms with Gasteiger partial charge in [0.15, 0.2) is 0 Å². The Kier molecular flexibility index (Phi) is 3.54. The highest BCUT2D eigenvalue weighted by Gasteiger charge is 2.17. The van der Waals surface area contributed by atoms with Gasteiger partial charge < -0.3 is 5.32 Å². The second kappa shape index (κ2) is 5.32. The first-order valence-electron chi connectivity index (χ1n) is 6.53. The van der Waals surface area contributed by atoms with Crippen LogP contribution in [0.5, 0.6) is 0 Å². The van der Waals surface area contributed by atoms with E-state index in [1.807, 2.05) is 12.1 Å². The van der Waals surface area contributed by atoms with Gasteiger partial charge >= 0.3 is 0 Å². The maximum Gasteiger partial charge on any atom is 0.131 e. The summed E-state index contributed by atoms with van der Waals surface area (Å²) in [5, 5.41) is 4.00. The van der Waals surface area contributed by atoms with E-state index < -0.39 is 0 Å². The summed E-state index contributed by atoms with van der Waals surface area (Å²) in [5.74, 6) is -0.213. The standard InChI is InChI=1S/C16H15ClFN/c17-14-6-5-11-7-9-19-10-8-12(11)16(14)13-3-1-2-4-15(13)18/h1-6,19H,7-10H2. The van der Waals surface area contributed by atoms with Crippen molar-refractivity contribution in [2.75, 3.05) is 13.1 Å². The van der Waals surface area contributed by atoms with Crippen molar-refractivity contribution in [2.24, 2.45) is 0 Å². The Bertz CT molecular complexity index is 610. The van der Waals surface area contributed by atoms with E-state index in [4.69, 9.17) is 11.6 Å². The molecule has 0 atom stereocenters. The summed E-state index contributed by atoms with van der Waals surface area (Å²) < 4.78 is 14.1. The van der Waals surface area contributed by atoms with Gasteiger partial charge in [0, 0.05) is 16.1 Å². The van der Waals surface area contributed by atoms with Gasteiger partial charge in [0.05, 0.1) is 0 Å². The molecule has 1 aliphatic rings. The van der Waals surface area contributed by atoms with Crippen LogP contribution >= 0.6 is 11.6 Å². The summed E-state index contributed by atoms with van der Waals surface area (Å²) in [4.78, 5) is 0. The molecule has 3 heteroatoms. The summed E-state index contributed by atoms with van der Waals surface area (Å²) in [7, 11) is 0. The molecule has 19 heavy (non-hydrogen) atoms. The van der Waals surface area contributed by atoms with Crippen molar-refractivity contribution in [3.63, 3.8) is 0 Å². The lowest BCUT2D eigenvalue weighted by Gasteiger charge is -2.15. The van der Waals surface area contributed by atoms with Crippen LogP contribution in [0.3, 0.4) is 0 Å². The molecule has 0 saturated heterocycles. The molecule has 1 nitrogen and oxygen atoms in total. The van der Waals surface area contributed by atoms with E-state index in [2.05, 4.69) is 11.4 Å². The highest BCUT2D eigenvalue weighted by molar-refractivity contribution is 6.33. The third-order valence-corrected chi connectivity index (χ3v) is 3.94. The van der Waals surface area contributed by atoms with Crippen LogP contribution < -0.4 is 5.32 Å². The van der Waals surface area contributed by atoms with E-state index in [0.29, 0.717) is 10.6 Å². The topological polar surface area (TPSA) is 12.0 Å². The van der Waals surface area contributed by atoms with Gasteiger partial charge in [0.25, 0.3) is 0 Å². The number of nitrogens with one attached hydrogen (secondary N) is 1. The zero-order valence-electron chi connectivity index (χ0n) is 10.5.